The number of aliphatic imine (C=N–C) groups is 2. The van der Waals surface area contributed by atoms with Crippen molar-refractivity contribution in [3.05, 3.63) is 83.9 Å². The average molecular weight is 1290 g/mol. The highest BCUT2D eigenvalue weighted by atomic mass is 19.4. The van der Waals surface area contributed by atoms with E-state index in [-0.39, 0.29) is 107 Å². The second-order valence-corrected chi connectivity index (χ2v) is 22.2. The van der Waals surface area contributed by atoms with Crippen LogP contribution in [0.25, 0.3) is 0 Å². The second kappa shape index (κ2) is 37.4. The van der Waals surface area contributed by atoms with E-state index in [1.807, 2.05) is 6.92 Å². The molecular formula is C58H86F3N17O13. The lowest BCUT2D eigenvalue weighted by Crippen LogP contribution is -2.60. The first-order valence-corrected chi connectivity index (χ1v) is 29.4. The zero-order chi connectivity index (χ0) is 68.1. The molecule has 0 saturated carbocycles. The number of nitrogens with one attached hydrogen (secondary N) is 8. The first-order chi connectivity index (χ1) is 42.8. The number of aromatic nitrogens is 2. The molecule has 8 amide bonds. The van der Waals surface area contributed by atoms with Crippen molar-refractivity contribution in [2.45, 2.75) is 166 Å². The van der Waals surface area contributed by atoms with Gasteiger partial charge >= 0.3 is 18.1 Å². The molecule has 91 heavy (non-hydrogen) atoms. The maximum absolute atomic E-state index is 15.0. The van der Waals surface area contributed by atoms with Crippen LogP contribution in [0.1, 0.15) is 103 Å². The first kappa shape index (κ1) is 75.7. The SMILES string of the molecule is CC[C@H](C)[C@H](N)C(=O)N[C@@H](C)C(=O)N[C@@H](CCCN=C(N)N)C(=O)N[C@@H](CCCN=C(N)N)C(=O)N[C@@H](Cc1cnc[nH]1)C(=O)N1CCC[C@H]1C(=O)N[C@@H](Cc1ccc(O)cc1)C(=O)N[C@@H](Cc1ccccc1)C(=O)N[C@@H](CC(C)C)C(=O)O.O=C(O)C(F)(F)F. The summed E-state index contributed by atoms with van der Waals surface area (Å²) in [6, 6.07) is 3.31. The number of rotatable bonds is 34. The number of benzene rings is 2. The minimum Gasteiger partial charge on any atom is -0.508 e. The fraction of sp³-hybridized carbons (Fsp3) is 0.534. The molecule has 1 aliphatic heterocycles. The number of nitrogens with two attached hydrogens (primary N) is 5. The summed E-state index contributed by atoms with van der Waals surface area (Å²) in [4.78, 5) is 151. The van der Waals surface area contributed by atoms with Crippen LogP contribution in [0.15, 0.2) is 77.1 Å². The van der Waals surface area contributed by atoms with Crippen LogP contribution < -0.4 is 65.9 Å². The molecule has 10 atom stereocenters. The van der Waals surface area contributed by atoms with Gasteiger partial charge in [0, 0.05) is 50.8 Å². The summed E-state index contributed by atoms with van der Waals surface area (Å²) in [6.07, 6.45) is -1.26. The lowest BCUT2D eigenvalue weighted by Gasteiger charge is -2.31. The number of likely N-dealkylation sites (tertiary alicyclic amines) is 1. The van der Waals surface area contributed by atoms with Crippen molar-refractivity contribution < 1.29 is 76.4 Å². The fourth-order valence-corrected chi connectivity index (χ4v) is 9.23. The Hall–Kier alpha value is -9.56. The molecule has 502 valence electrons. The van der Waals surface area contributed by atoms with E-state index in [2.05, 4.69) is 57.2 Å². The standard InChI is InChI=1S/C56H85N17O11.C2HF3O2/c1-6-32(4)45(57)52(81)66-33(5)46(75)67-38(15-10-22-63-55(58)59)47(76)68-39(16-11-23-64-56(60)61)48(77)71-42(28-36-29-62-30-65-36)53(82)73-24-12-17-44(73)51(80)70-41(27-35-18-20-37(74)21-19-35)49(78)69-40(26-34-13-8-7-9-14-34)50(79)72-43(54(83)84)25-31(2)3;3-2(4,5)1(6)7/h7-9,13-14,18-21,29-33,38-45,74H,6,10-12,15-17,22-28,57H2,1-5H3,(H,62,65)(H,66,81)(H,67,75)(H,68,76)(H,69,78)(H,70,80)(H,71,77)(H,72,79)(H,83,84)(H4,58,59,63)(H4,60,61,64);(H,6,7)/t32-,33-,38-,39-,40-,41-,42-,43-,44-,45-;/m0./s1. The van der Waals surface area contributed by atoms with Gasteiger partial charge in [-0.05, 0) is 87.0 Å². The summed E-state index contributed by atoms with van der Waals surface area (Å²) in [5.41, 5.74) is 29.9. The molecule has 0 radical (unpaired) electrons. The number of phenols is 1. The molecule has 4 rings (SSSR count). The summed E-state index contributed by atoms with van der Waals surface area (Å²) in [7, 11) is 0. The number of carbonyl (C=O) groups is 10. The number of imidazole rings is 1. The van der Waals surface area contributed by atoms with Crippen molar-refractivity contribution >= 4 is 71.1 Å². The summed E-state index contributed by atoms with van der Waals surface area (Å²) in [5, 5.41) is 46.0. The lowest BCUT2D eigenvalue weighted by atomic mass is 9.99. The largest absolute Gasteiger partial charge is 0.508 e. The van der Waals surface area contributed by atoms with Crippen molar-refractivity contribution in [1.29, 1.82) is 0 Å². The highest BCUT2D eigenvalue weighted by molar-refractivity contribution is 5.98. The third-order valence-corrected chi connectivity index (χ3v) is 14.4. The molecule has 1 aliphatic rings. The zero-order valence-electron chi connectivity index (χ0n) is 51.3. The molecule has 1 saturated heterocycles. The molecule has 1 fully saturated rings. The highest BCUT2D eigenvalue weighted by Crippen LogP contribution is 2.22. The predicted octanol–water partition coefficient (Wildman–Crippen LogP) is -1.21. The van der Waals surface area contributed by atoms with Crippen LogP contribution in [-0.4, -0.2) is 181 Å². The van der Waals surface area contributed by atoms with Gasteiger partial charge in [-0.15, -0.1) is 0 Å². The van der Waals surface area contributed by atoms with Gasteiger partial charge in [0.15, 0.2) is 11.9 Å². The number of aromatic hydroxyl groups is 1. The number of phenolic OH excluding ortho intramolecular Hbond substituents is 1. The van der Waals surface area contributed by atoms with E-state index in [1.54, 1.807) is 63.2 Å². The molecule has 1 aromatic heterocycles. The Morgan fingerprint density at radius 1 is 0.659 bits per heavy atom. The second-order valence-electron chi connectivity index (χ2n) is 22.2. The summed E-state index contributed by atoms with van der Waals surface area (Å²) >= 11 is 0. The molecule has 0 aliphatic carbocycles. The number of carboxylic acids is 2. The highest BCUT2D eigenvalue weighted by Gasteiger charge is 2.41. The van der Waals surface area contributed by atoms with Gasteiger partial charge in [0.1, 0.15) is 54.1 Å². The minimum atomic E-state index is -5.08. The predicted molar refractivity (Wildman–Crippen MR) is 326 cm³/mol. The van der Waals surface area contributed by atoms with E-state index in [9.17, 15) is 66.5 Å². The van der Waals surface area contributed by atoms with Gasteiger partial charge in [-0.25, -0.2) is 14.6 Å². The number of H-pyrrole nitrogens is 1. The number of amides is 8. The molecular weight excluding hydrogens is 1200 g/mol. The number of aliphatic carboxylic acids is 2. The first-order valence-electron chi connectivity index (χ1n) is 29.4. The van der Waals surface area contributed by atoms with Crippen LogP contribution in [0, 0.1) is 11.8 Å². The van der Waals surface area contributed by atoms with E-state index < -0.39 is 120 Å². The Labute approximate surface area is 523 Å². The van der Waals surface area contributed by atoms with E-state index in [1.165, 1.54) is 36.5 Å². The Morgan fingerprint density at radius 3 is 1.63 bits per heavy atom. The van der Waals surface area contributed by atoms with E-state index in [0.717, 1.165) is 0 Å². The van der Waals surface area contributed by atoms with Crippen LogP contribution in [0.4, 0.5) is 13.2 Å². The molecule has 21 N–H and O–H groups in total. The van der Waals surface area contributed by atoms with E-state index in [4.69, 9.17) is 38.6 Å². The topological polar surface area (TPSA) is 502 Å². The van der Waals surface area contributed by atoms with Crippen molar-refractivity contribution in [2.75, 3.05) is 19.6 Å². The smallest absolute Gasteiger partial charge is 0.490 e. The van der Waals surface area contributed by atoms with Gasteiger partial charge in [0.05, 0.1) is 12.4 Å². The molecule has 2 aromatic carbocycles. The summed E-state index contributed by atoms with van der Waals surface area (Å²) in [5.74, 6) is -10.8. The van der Waals surface area contributed by atoms with Crippen LogP contribution >= 0.6 is 0 Å². The van der Waals surface area contributed by atoms with Crippen LogP contribution in [0.2, 0.25) is 0 Å². The van der Waals surface area contributed by atoms with Gasteiger partial charge in [-0.3, -0.25) is 48.3 Å². The van der Waals surface area contributed by atoms with E-state index in [0.29, 0.717) is 29.7 Å². The fourth-order valence-electron chi connectivity index (χ4n) is 9.23. The molecule has 0 spiro atoms. The molecule has 0 unspecified atom stereocenters. The van der Waals surface area contributed by atoms with Crippen molar-refractivity contribution in [3.63, 3.8) is 0 Å². The minimum absolute atomic E-state index is 0.0319. The molecule has 30 nitrogen and oxygen atoms in total. The van der Waals surface area contributed by atoms with Crippen molar-refractivity contribution in [2.24, 2.45) is 50.5 Å². The number of nitrogens with zero attached hydrogens (tertiary/aromatic N) is 4. The lowest BCUT2D eigenvalue weighted by molar-refractivity contribution is -0.192. The van der Waals surface area contributed by atoms with E-state index >= 15 is 0 Å². The van der Waals surface area contributed by atoms with Gasteiger partial charge in [0.2, 0.25) is 47.3 Å². The number of carbonyl (C=O) groups excluding carboxylic acids is 8. The Morgan fingerprint density at radius 2 is 1.14 bits per heavy atom. The Kier molecular flexibility index (Phi) is 31.1. The maximum atomic E-state index is 15.0. The number of halogens is 3. The molecule has 33 heteroatoms. The van der Waals surface area contributed by atoms with Crippen LogP contribution in [0.3, 0.4) is 0 Å². The zero-order valence-corrected chi connectivity index (χ0v) is 51.3. The quantitative estimate of drug-likeness (QED) is 0.0190. The maximum Gasteiger partial charge on any atom is 0.490 e. The third kappa shape index (κ3) is 27.0. The van der Waals surface area contributed by atoms with Crippen LogP contribution in [-0.2, 0) is 67.2 Å². The summed E-state index contributed by atoms with van der Waals surface area (Å²) in [6.45, 7) is 8.84. The Bertz CT molecular complexity index is 2950. The third-order valence-electron chi connectivity index (χ3n) is 14.4. The average Bonchev–Trinajstić information content (AvgIpc) is 2.38. The monoisotopic (exact) mass is 1290 g/mol. The van der Waals surface area contributed by atoms with Gasteiger partial charge in [-0.2, -0.15) is 13.2 Å². The number of hydrogen-bond acceptors (Lipinski definition) is 15. The van der Waals surface area contributed by atoms with Gasteiger partial charge < -0.3 is 91.1 Å². The Balaban J connectivity index is 0.00000291. The van der Waals surface area contributed by atoms with Crippen molar-refractivity contribution in [1.82, 2.24) is 52.1 Å². The molecule has 3 aromatic rings. The summed E-state index contributed by atoms with van der Waals surface area (Å²) < 4.78 is 31.7. The number of carboxylic acid groups (broad SMARTS) is 2. The number of alkyl halides is 3. The van der Waals surface area contributed by atoms with Gasteiger partial charge in [0.25, 0.3) is 0 Å². The molecule has 0 bridgehead atoms. The van der Waals surface area contributed by atoms with Gasteiger partial charge in [-0.1, -0.05) is 76.6 Å². The molecule has 2 heterocycles. The number of guanidine groups is 2. The van der Waals surface area contributed by atoms with Crippen molar-refractivity contribution in [3.8, 4) is 5.75 Å². The number of hydrogen-bond donors (Lipinski definition) is 16. The normalized spacial score (nSPS) is 15.8. The van der Waals surface area contributed by atoms with Crippen LogP contribution in [0.5, 0.6) is 5.75 Å². The number of aromatic amines is 1.